The molecule has 2 nitrogen and oxygen atoms in total. The summed E-state index contributed by atoms with van der Waals surface area (Å²) in [6.45, 7) is 3.19. The van der Waals surface area contributed by atoms with Crippen LogP contribution in [0.2, 0.25) is 5.02 Å². The van der Waals surface area contributed by atoms with Gasteiger partial charge in [-0.15, -0.1) is 0 Å². The number of halogens is 2. The van der Waals surface area contributed by atoms with Crippen LogP contribution in [0, 0.1) is 5.82 Å². The van der Waals surface area contributed by atoms with Gasteiger partial charge in [0.05, 0.1) is 5.69 Å². The zero-order chi connectivity index (χ0) is 13.8. The largest absolute Gasteiger partial charge is 0.399 e. The highest BCUT2D eigenvalue weighted by Crippen LogP contribution is 2.25. The van der Waals surface area contributed by atoms with E-state index in [4.69, 9.17) is 17.3 Å². The van der Waals surface area contributed by atoms with Gasteiger partial charge >= 0.3 is 0 Å². The molecule has 2 N–H and O–H groups in total. The molecule has 0 aliphatic carbocycles. The van der Waals surface area contributed by atoms with E-state index in [1.165, 1.54) is 6.07 Å². The topological polar surface area (TPSA) is 29.3 Å². The lowest BCUT2D eigenvalue weighted by Crippen LogP contribution is -2.23. The van der Waals surface area contributed by atoms with Gasteiger partial charge < -0.3 is 10.6 Å². The minimum atomic E-state index is -0.232. The van der Waals surface area contributed by atoms with Crippen LogP contribution in [0.25, 0.3) is 0 Å². The quantitative estimate of drug-likeness (QED) is 0.854. The maximum Gasteiger partial charge on any atom is 0.146 e. The Labute approximate surface area is 117 Å². The fourth-order valence-electron chi connectivity index (χ4n) is 2.00. The van der Waals surface area contributed by atoms with Crippen molar-refractivity contribution in [2.24, 2.45) is 0 Å². The third-order valence-electron chi connectivity index (χ3n) is 3.01. The molecule has 2 aromatic carbocycles. The molecular weight excluding hydrogens is 263 g/mol. The van der Waals surface area contributed by atoms with Gasteiger partial charge in [0, 0.05) is 23.8 Å². The Morgan fingerprint density at radius 1 is 1.21 bits per heavy atom. The molecule has 4 heteroatoms. The maximum atomic E-state index is 13.8. The van der Waals surface area contributed by atoms with E-state index in [9.17, 15) is 4.39 Å². The van der Waals surface area contributed by atoms with Crippen molar-refractivity contribution in [3.8, 4) is 0 Å². The number of para-hydroxylation sites is 1. The van der Waals surface area contributed by atoms with Crippen LogP contribution in [-0.2, 0) is 6.54 Å². The van der Waals surface area contributed by atoms with Gasteiger partial charge in [0.2, 0.25) is 0 Å². The molecule has 100 valence electrons. The highest BCUT2D eigenvalue weighted by molar-refractivity contribution is 6.31. The number of anilines is 2. The Morgan fingerprint density at radius 3 is 2.63 bits per heavy atom. The summed E-state index contributed by atoms with van der Waals surface area (Å²) in [5.41, 5.74) is 7.89. The van der Waals surface area contributed by atoms with Crippen molar-refractivity contribution in [1.29, 1.82) is 0 Å². The van der Waals surface area contributed by atoms with Gasteiger partial charge in [0.1, 0.15) is 5.82 Å². The summed E-state index contributed by atoms with van der Waals surface area (Å²) in [6, 6.07) is 12.1. The van der Waals surface area contributed by atoms with Crippen LogP contribution < -0.4 is 10.6 Å². The average Bonchev–Trinajstić information content (AvgIpc) is 2.41. The second kappa shape index (κ2) is 5.93. The molecule has 0 heterocycles. The number of rotatable bonds is 4. The SMILES string of the molecule is CCN(Cc1cc(N)ccc1Cl)c1ccccc1F. The van der Waals surface area contributed by atoms with Crippen molar-refractivity contribution in [1.82, 2.24) is 0 Å². The molecule has 0 radical (unpaired) electrons. The molecule has 0 atom stereocenters. The van der Waals surface area contributed by atoms with Crippen LogP contribution >= 0.6 is 11.6 Å². The number of hydrogen-bond acceptors (Lipinski definition) is 2. The fraction of sp³-hybridized carbons (Fsp3) is 0.200. The van der Waals surface area contributed by atoms with Crippen LogP contribution in [0.1, 0.15) is 12.5 Å². The zero-order valence-corrected chi connectivity index (χ0v) is 11.5. The Balaban J connectivity index is 2.29. The molecule has 0 aromatic heterocycles. The Morgan fingerprint density at radius 2 is 1.95 bits per heavy atom. The average molecular weight is 279 g/mol. The van der Waals surface area contributed by atoms with Crippen LogP contribution in [0.5, 0.6) is 0 Å². The maximum absolute atomic E-state index is 13.8. The molecule has 0 saturated heterocycles. The summed E-state index contributed by atoms with van der Waals surface area (Å²) in [5, 5.41) is 0.643. The monoisotopic (exact) mass is 278 g/mol. The lowest BCUT2D eigenvalue weighted by atomic mass is 10.1. The summed E-state index contributed by atoms with van der Waals surface area (Å²) < 4.78 is 13.8. The summed E-state index contributed by atoms with van der Waals surface area (Å²) in [5.74, 6) is -0.232. The van der Waals surface area contributed by atoms with E-state index >= 15 is 0 Å². The van der Waals surface area contributed by atoms with Crippen LogP contribution in [0.15, 0.2) is 42.5 Å². The molecule has 0 aliphatic rings. The zero-order valence-electron chi connectivity index (χ0n) is 10.7. The normalized spacial score (nSPS) is 10.5. The lowest BCUT2D eigenvalue weighted by Gasteiger charge is -2.24. The molecule has 19 heavy (non-hydrogen) atoms. The second-order valence-electron chi connectivity index (χ2n) is 4.32. The van der Waals surface area contributed by atoms with Crippen LogP contribution in [-0.4, -0.2) is 6.54 Å². The van der Waals surface area contributed by atoms with Crippen molar-refractivity contribution < 1.29 is 4.39 Å². The van der Waals surface area contributed by atoms with Crippen LogP contribution in [0.4, 0.5) is 15.8 Å². The van der Waals surface area contributed by atoms with Gasteiger partial charge in [-0.05, 0) is 42.8 Å². The third-order valence-corrected chi connectivity index (χ3v) is 3.37. The molecule has 0 bridgehead atoms. The first-order valence-corrected chi connectivity index (χ1v) is 6.53. The first kappa shape index (κ1) is 13.7. The summed E-state index contributed by atoms with van der Waals surface area (Å²) in [4.78, 5) is 1.93. The highest BCUT2D eigenvalue weighted by atomic mass is 35.5. The highest BCUT2D eigenvalue weighted by Gasteiger charge is 2.11. The molecule has 2 aromatic rings. The minimum Gasteiger partial charge on any atom is -0.399 e. The summed E-state index contributed by atoms with van der Waals surface area (Å²) in [7, 11) is 0. The summed E-state index contributed by atoms with van der Waals surface area (Å²) in [6.07, 6.45) is 0. The predicted octanol–water partition coefficient (Wildman–Crippen LogP) is 4.09. The fourth-order valence-corrected chi connectivity index (χ4v) is 2.17. The van der Waals surface area contributed by atoms with Crippen molar-refractivity contribution in [2.45, 2.75) is 13.5 Å². The van der Waals surface area contributed by atoms with Gasteiger partial charge in [-0.2, -0.15) is 0 Å². The van der Waals surface area contributed by atoms with Crippen molar-refractivity contribution >= 4 is 23.0 Å². The molecule has 2 rings (SSSR count). The Kier molecular flexibility index (Phi) is 4.27. The molecule has 0 fully saturated rings. The second-order valence-corrected chi connectivity index (χ2v) is 4.72. The van der Waals surface area contributed by atoms with Crippen molar-refractivity contribution in [3.05, 3.63) is 58.9 Å². The number of benzene rings is 2. The van der Waals surface area contributed by atoms with Crippen molar-refractivity contribution in [3.63, 3.8) is 0 Å². The number of nitrogens with zero attached hydrogens (tertiary/aromatic N) is 1. The predicted molar refractivity (Wildman–Crippen MR) is 79.0 cm³/mol. The third kappa shape index (κ3) is 3.18. The Bertz CT molecular complexity index is 572. The van der Waals surface area contributed by atoms with Gasteiger partial charge in [0.15, 0.2) is 0 Å². The van der Waals surface area contributed by atoms with E-state index in [1.54, 1.807) is 24.3 Å². The molecule has 0 spiro atoms. The van der Waals surface area contributed by atoms with Gasteiger partial charge in [-0.1, -0.05) is 23.7 Å². The van der Waals surface area contributed by atoms with Gasteiger partial charge in [0.25, 0.3) is 0 Å². The number of nitrogens with two attached hydrogens (primary N) is 1. The first-order chi connectivity index (χ1) is 9.11. The van der Waals surface area contributed by atoms with E-state index < -0.39 is 0 Å². The van der Waals surface area contributed by atoms with E-state index in [-0.39, 0.29) is 5.82 Å². The Hall–Kier alpha value is -1.74. The minimum absolute atomic E-state index is 0.232. The van der Waals surface area contributed by atoms with Gasteiger partial charge in [-0.25, -0.2) is 4.39 Å². The number of nitrogen functional groups attached to an aromatic ring is 1. The lowest BCUT2D eigenvalue weighted by molar-refractivity contribution is 0.618. The van der Waals surface area contributed by atoms with E-state index in [1.807, 2.05) is 24.0 Å². The number of hydrogen-bond donors (Lipinski definition) is 1. The molecule has 0 unspecified atom stereocenters. The van der Waals surface area contributed by atoms with E-state index in [0.29, 0.717) is 29.5 Å². The molecule has 0 aliphatic heterocycles. The molecule has 0 amide bonds. The smallest absolute Gasteiger partial charge is 0.146 e. The first-order valence-electron chi connectivity index (χ1n) is 6.15. The van der Waals surface area contributed by atoms with E-state index in [0.717, 1.165) is 5.56 Å². The molecule has 0 saturated carbocycles. The van der Waals surface area contributed by atoms with Gasteiger partial charge in [-0.3, -0.25) is 0 Å². The van der Waals surface area contributed by atoms with Crippen LogP contribution in [0.3, 0.4) is 0 Å². The van der Waals surface area contributed by atoms with Crippen molar-refractivity contribution in [2.75, 3.05) is 17.2 Å². The van der Waals surface area contributed by atoms with E-state index in [2.05, 4.69) is 0 Å². The summed E-state index contributed by atoms with van der Waals surface area (Å²) >= 11 is 6.15. The molecular formula is C15H16ClFN2. The standard InChI is InChI=1S/C15H16ClFN2/c1-2-19(15-6-4-3-5-14(15)17)10-11-9-12(18)7-8-13(11)16/h3-9H,2,10,18H2,1H3.